The molecule has 1 heterocycles. The van der Waals surface area contributed by atoms with Gasteiger partial charge in [0.2, 0.25) is 0 Å². The third-order valence-electron chi connectivity index (χ3n) is 4.68. The van der Waals surface area contributed by atoms with Crippen LogP contribution < -0.4 is 5.32 Å². The Morgan fingerprint density at radius 1 is 1.11 bits per heavy atom. The summed E-state index contributed by atoms with van der Waals surface area (Å²) in [6, 6.07) is 0.779. The maximum absolute atomic E-state index is 5.37. The van der Waals surface area contributed by atoms with Crippen molar-refractivity contribution in [2.75, 3.05) is 39.4 Å². The summed E-state index contributed by atoms with van der Waals surface area (Å²) in [5.74, 6) is 1.85. The molecule has 1 N–H and O–H groups in total. The second kappa shape index (κ2) is 7.46. The third kappa shape index (κ3) is 4.52. The normalized spacial score (nSPS) is 30.8. The quantitative estimate of drug-likeness (QED) is 0.813. The van der Waals surface area contributed by atoms with E-state index in [0.717, 1.165) is 50.7 Å². The molecular weight excluding hydrogens is 224 g/mol. The van der Waals surface area contributed by atoms with Gasteiger partial charge in [0.05, 0.1) is 13.2 Å². The highest BCUT2D eigenvalue weighted by molar-refractivity contribution is 4.79. The Morgan fingerprint density at radius 2 is 1.78 bits per heavy atom. The van der Waals surface area contributed by atoms with Crippen molar-refractivity contribution in [1.29, 1.82) is 0 Å². The lowest BCUT2D eigenvalue weighted by atomic mass is 9.80. The Bertz CT molecular complexity index is 219. The molecule has 0 aromatic heterocycles. The van der Waals surface area contributed by atoms with Crippen LogP contribution in [-0.2, 0) is 4.74 Å². The van der Waals surface area contributed by atoms with E-state index in [1.54, 1.807) is 0 Å². The van der Waals surface area contributed by atoms with Gasteiger partial charge in [-0.25, -0.2) is 0 Å². The van der Waals surface area contributed by atoms with Crippen molar-refractivity contribution in [3.05, 3.63) is 0 Å². The molecule has 2 fully saturated rings. The van der Waals surface area contributed by atoms with Gasteiger partial charge in [0.15, 0.2) is 0 Å². The number of morpholine rings is 1. The molecule has 2 aliphatic rings. The molecule has 0 aromatic rings. The van der Waals surface area contributed by atoms with Gasteiger partial charge in [-0.05, 0) is 37.5 Å². The Labute approximate surface area is 112 Å². The molecule has 106 valence electrons. The molecule has 3 nitrogen and oxygen atoms in total. The molecule has 0 bridgehead atoms. The summed E-state index contributed by atoms with van der Waals surface area (Å²) in [7, 11) is 0. The van der Waals surface area contributed by atoms with E-state index in [2.05, 4.69) is 24.1 Å². The van der Waals surface area contributed by atoms with Crippen LogP contribution in [-0.4, -0.2) is 50.3 Å². The van der Waals surface area contributed by atoms with Crippen LogP contribution in [0.3, 0.4) is 0 Å². The molecular formula is C15H30N2O. The average Bonchev–Trinajstić information content (AvgIpc) is 2.40. The molecule has 1 saturated carbocycles. The zero-order chi connectivity index (χ0) is 12.8. The Kier molecular flexibility index (Phi) is 5.93. The summed E-state index contributed by atoms with van der Waals surface area (Å²) in [6.45, 7) is 11.1. The molecule has 2 rings (SSSR count). The molecule has 0 atom stereocenters. The van der Waals surface area contributed by atoms with E-state index in [1.165, 1.54) is 32.2 Å². The molecule has 0 radical (unpaired) electrons. The fraction of sp³-hybridized carbons (Fsp3) is 1.00. The van der Waals surface area contributed by atoms with Crippen LogP contribution in [0.4, 0.5) is 0 Å². The highest BCUT2D eigenvalue weighted by Gasteiger charge is 2.22. The van der Waals surface area contributed by atoms with Crippen LogP contribution in [0.15, 0.2) is 0 Å². The predicted molar refractivity (Wildman–Crippen MR) is 75.8 cm³/mol. The minimum atomic E-state index is 0.779. The van der Waals surface area contributed by atoms with Crippen LogP contribution >= 0.6 is 0 Å². The van der Waals surface area contributed by atoms with Gasteiger partial charge in [0, 0.05) is 32.2 Å². The highest BCUT2D eigenvalue weighted by Crippen LogP contribution is 2.29. The smallest absolute Gasteiger partial charge is 0.0594 e. The number of hydrogen-bond acceptors (Lipinski definition) is 3. The van der Waals surface area contributed by atoms with Crippen molar-refractivity contribution in [2.24, 2.45) is 11.8 Å². The lowest BCUT2D eigenvalue weighted by Crippen LogP contribution is -2.43. The van der Waals surface area contributed by atoms with Crippen molar-refractivity contribution >= 4 is 0 Å². The first-order valence-corrected chi connectivity index (χ1v) is 7.79. The zero-order valence-electron chi connectivity index (χ0n) is 12.2. The van der Waals surface area contributed by atoms with E-state index < -0.39 is 0 Å². The van der Waals surface area contributed by atoms with Crippen LogP contribution in [0.25, 0.3) is 0 Å². The molecule has 3 heteroatoms. The van der Waals surface area contributed by atoms with Gasteiger partial charge in [0.25, 0.3) is 0 Å². The zero-order valence-corrected chi connectivity index (χ0v) is 12.2. The van der Waals surface area contributed by atoms with E-state index in [-0.39, 0.29) is 0 Å². The predicted octanol–water partition coefficient (Wildman–Crippen LogP) is 2.12. The minimum Gasteiger partial charge on any atom is -0.379 e. The van der Waals surface area contributed by atoms with E-state index in [9.17, 15) is 0 Å². The fourth-order valence-corrected chi connectivity index (χ4v) is 3.24. The molecule has 0 amide bonds. The molecule has 1 aliphatic carbocycles. The average molecular weight is 254 g/mol. The number of rotatable bonds is 5. The van der Waals surface area contributed by atoms with E-state index in [1.807, 2.05) is 0 Å². The summed E-state index contributed by atoms with van der Waals surface area (Å²) in [6.07, 6.45) is 5.61. The first kappa shape index (κ1) is 14.3. The fourth-order valence-electron chi connectivity index (χ4n) is 3.24. The largest absolute Gasteiger partial charge is 0.379 e. The van der Waals surface area contributed by atoms with Gasteiger partial charge in [-0.1, -0.05) is 13.8 Å². The maximum atomic E-state index is 5.37. The van der Waals surface area contributed by atoms with Gasteiger partial charge in [-0.2, -0.15) is 0 Å². The summed E-state index contributed by atoms with van der Waals surface area (Å²) in [4.78, 5) is 2.51. The number of nitrogens with zero attached hydrogens (tertiary/aromatic N) is 1. The summed E-state index contributed by atoms with van der Waals surface area (Å²) in [5.41, 5.74) is 0. The number of hydrogen-bond donors (Lipinski definition) is 1. The third-order valence-corrected chi connectivity index (χ3v) is 4.68. The molecule has 1 saturated heterocycles. The standard InChI is InChI=1S/C15H30N2O/c1-13(2)14-3-5-15(6-4-14)16-7-8-17-9-11-18-12-10-17/h13-16H,3-12H2,1-2H3. The number of ether oxygens (including phenoxy) is 1. The van der Waals surface area contributed by atoms with E-state index >= 15 is 0 Å². The minimum absolute atomic E-state index is 0.779. The van der Waals surface area contributed by atoms with Crippen molar-refractivity contribution in [3.8, 4) is 0 Å². The maximum Gasteiger partial charge on any atom is 0.0594 e. The molecule has 0 unspecified atom stereocenters. The molecule has 18 heavy (non-hydrogen) atoms. The molecule has 0 spiro atoms. The Morgan fingerprint density at radius 3 is 2.39 bits per heavy atom. The van der Waals surface area contributed by atoms with Crippen molar-refractivity contribution in [2.45, 2.75) is 45.6 Å². The lowest BCUT2D eigenvalue weighted by molar-refractivity contribution is 0.0378. The van der Waals surface area contributed by atoms with Gasteiger partial charge < -0.3 is 10.1 Å². The van der Waals surface area contributed by atoms with Crippen LogP contribution in [0.2, 0.25) is 0 Å². The lowest BCUT2D eigenvalue weighted by Gasteiger charge is -2.32. The van der Waals surface area contributed by atoms with Gasteiger partial charge >= 0.3 is 0 Å². The second-order valence-electron chi connectivity index (χ2n) is 6.26. The van der Waals surface area contributed by atoms with Crippen LogP contribution in [0.1, 0.15) is 39.5 Å². The van der Waals surface area contributed by atoms with Crippen molar-refractivity contribution < 1.29 is 4.74 Å². The van der Waals surface area contributed by atoms with E-state index in [4.69, 9.17) is 4.74 Å². The Balaban J connectivity index is 1.55. The first-order valence-electron chi connectivity index (χ1n) is 7.79. The summed E-state index contributed by atoms with van der Waals surface area (Å²) in [5, 5.41) is 3.75. The highest BCUT2D eigenvalue weighted by atomic mass is 16.5. The van der Waals surface area contributed by atoms with Crippen LogP contribution in [0, 0.1) is 11.8 Å². The van der Waals surface area contributed by atoms with Gasteiger partial charge in [0.1, 0.15) is 0 Å². The van der Waals surface area contributed by atoms with Crippen molar-refractivity contribution in [3.63, 3.8) is 0 Å². The molecule has 0 aromatic carbocycles. The monoisotopic (exact) mass is 254 g/mol. The molecule has 1 aliphatic heterocycles. The SMILES string of the molecule is CC(C)C1CCC(NCCN2CCOCC2)CC1. The topological polar surface area (TPSA) is 24.5 Å². The summed E-state index contributed by atoms with van der Waals surface area (Å²) < 4.78 is 5.37. The van der Waals surface area contributed by atoms with Crippen molar-refractivity contribution in [1.82, 2.24) is 10.2 Å². The summed E-state index contributed by atoms with van der Waals surface area (Å²) >= 11 is 0. The van der Waals surface area contributed by atoms with E-state index in [0.29, 0.717) is 0 Å². The second-order valence-corrected chi connectivity index (χ2v) is 6.26. The van der Waals surface area contributed by atoms with Gasteiger partial charge in [-0.3, -0.25) is 4.90 Å². The van der Waals surface area contributed by atoms with Gasteiger partial charge in [-0.15, -0.1) is 0 Å². The Hall–Kier alpha value is -0.120. The first-order chi connectivity index (χ1) is 8.75. The number of nitrogens with one attached hydrogen (secondary N) is 1. The van der Waals surface area contributed by atoms with Crippen LogP contribution in [0.5, 0.6) is 0 Å².